The van der Waals surface area contributed by atoms with Gasteiger partial charge in [0.25, 0.3) is 0 Å². The summed E-state index contributed by atoms with van der Waals surface area (Å²) in [4.78, 5) is 6.94. The molecule has 0 aliphatic carbocycles. The monoisotopic (exact) mass is 311 g/mol. The Balaban J connectivity index is 1.75. The maximum Gasteiger partial charge on any atom is 0.128 e. The van der Waals surface area contributed by atoms with Crippen molar-refractivity contribution in [1.29, 1.82) is 0 Å². The molecule has 18 heavy (non-hydrogen) atoms. The van der Waals surface area contributed by atoms with Crippen molar-refractivity contribution in [2.45, 2.75) is 26.7 Å². The summed E-state index contributed by atoms with van der Waals surface area (Å²) in [5.74, 6) is 1.91. The zero-order valence-electron chi connectivity index (χ0n) is 11.2. The summed E-state index contributed by atoms with van der Waals surface area (Å²) in [5.41, 5.74) is 1.19. The molecule has 2 rings (SSSR count). The van der Waals surface area contributed by atoms with Crippen molar-refractivity contribution in [3.05, 3.63) is 22.3 Å². The molecule has 100 valence electrons. The number of likely N-dealkylation sites (tertiary alicyclic amines) is 1. The third-order valence-electron chi connectivity index (χ3n) is 3.64. The van der Waals surface area contributed by atoms with Gasteiger partial charge in [0, 0.05) is 23.8 Å². The predicted octanol–water partition coefficient (Wildman–Crippen LogP) is 3.30. The quantitative estimate of drug-likeness (QED) is 0.924. The Kier molecular flexibility index (Phi) is 5.01. The average Bonchev–Trinajstić information content (AvgIpc) is 2.34. The van der Waals surface area contributed by atoms with Gasteiger partial charge in [-0.3, -0.25) is 0 Å². The van der Waals surface area contributed by atoms with E-state index in [9.17, 15) is 0 Å². The van der Waals surface area contributed by atoms with E-state index in [2.05, 4.69) is 51.0 Å². The van der Waals surface area contributed by atoms with Crippen molar-refractivity contribution >= 4 is 21.7 Å². The van der Waals surface area contributed by atoms with Crippen molar-refractivity contribution < 1.29 is 0 Å². The number of hydrogen-bond acceptors (Lipinski definition) is 3. The van der Waals surface area contributed by atoms with E-state index in [-0.39, 0.29) is 0 Å². The molecule has 1 aliphatic rings. The smallest absolute Gasteiger partial charge is 0.128 e. The largest absolute Gasteiger partial charge is 0.369 e. The van der Waals surface area contributed by atoms with Crippen molar-refractivity contribution in [2.75, 3.05) is 31.5 Å². The molecule has 0 atom stereocenters. The molecule has 1 aliphatic heterocycles. The SMILES string of the molecule is Cc1cc(Br)cnc1NCCN1CCC(C)CC1. The van der Waals surface area contributed by atoms with Crippen LogP contribution in [0.15, 0.2) is 16.7 Å². The van der Waals surface area contributed by atoms with Gasteiger partial charge in [-0.15, -0.1) is 0 Å². The van der Waals surface area contributed by atoms with Crippen molar-refractivity contribution in [3.8, 4) is 0 Å². The molecule has 1 aromatic heterocycles. The Morgan fingerprint density at radius 3 is 2.83 bits per heavy atom. The molecule has 0 radical (unpaired) electrons. The third-order valence-corrected chi connectivity index (χ3v) is 4.08. The van der Waals surface area contributed by atoms with Crippen LogP contribution in [0.1, 0.15) is 25.3 Å². The first-order valence-corrected chi connectivity index (χ1v) is 7.53. The lowest BCUT2D eigenvalue weighted by Gasteiger charge is -2.30. The molecule has 3 nitrogen and oxygen atoms in total. The molecule has 1 aromatic rings. The second-order valence-corrected chi connectivity index (χ2v) is 6.19. The summed E-state index contributed by atoms with van der Waals surface area (Å²) >= 11 is 3.43. The minimum Gasteiger partial charge on any atom is -0.369 e. The zero-order valence-corrected chi connectivity index (χ0v) is 12.8. The first-order valence-electron chi connectivity index (χ1n) is 6.73. The van der Waals surface area contributed by atoms with Crippen LogP contribution in [0, 0.1) is 12.8 Å². The van der Waals surface area contributed by atoms with E-state index in [1.165, 1.54) is 31.5 Å². The van der Waals surface area contributed by atoms with Gasteiger partial charge in [-0.2, -0.15) is 0 Å². The molecule has 0 aromatic carbocycles. The van der Waals surface area contributed by atoms with E-state index in [1.54, 1.807) is 0 Å². The molecule has 0 saturated carbocycles. The number of rotatable bonds is 4. The van der Waals surface area contributed by atoms with Gasteiger partial charge in [-0.25, -0.2) is 4.98 Å². The summed E-state index contributed by atoms with van der Waals surface area (Å²) in [6, 6.07) is 2.10. The first-order chi connectivity index (χ1) is 8.65. The van der Waals surface area contributed by atoms with Crippen LogP contribution in [0.25, 0.3) is 0 Å². The van der Waals surface area contributed by atoms with Gasteiger partial charge in [0.15, 0.2) is 0 Å². The summed E-state index contributed by atoms with van der Waals surface area (Å²) < 4.78 is 1.04. The minimum absolute atomic E-state index is 0.907. The summed E-state index contributed by atoms with van der Waals surface area (Å²) in [6.45, 7) is 9.02. The molecule has 2 heterocycles. The van der Waals surface area contributed by atoms with Crippen molar-refractivity contribution in [1.82, 2.24) is 9.88 Å². The molecule has 0 amide bonds. The number of piperidine rings is 1. The molecule has 0 bridgehead atoms. The van der Waals surface area contributed by atoms with Gasteiger partial charge >= 0.3 is 0 Å². The second-order valence-electron chi connectivity index (χ2n) is 5.27. The Morgan fingerprint density at radius 1 is 1.44 bits per heavy atom. The highest BCUT2D eigenvalue weighted by Crippen LogP contribution is 2.17. The summed E-state index contributed by atoms with van der Waals surface area (Å²) in [7, 11) is 0. The lowest BCUT2D eigenvalue weighted by molar-refractivity contribution is 0.199. The normalized spacial score (nSPS) is 17.9. The van der Waals surface area contributed by atoms with E-state index < -0.39 is 0 Å². The molecule has 4 heteroatoms. The molecule has 1 saturated heterocycles. The lowest BCUT2D eigenvalue weighted by atomic mass is 9.99. The molecular formula is C14H22BrN3. The number of hydrogen-bond donors (Lipinski definition) is 1. The highest BCUT2D eigenvalue weighted by atomic mass is 79.9. The number of nitrogens with zero attached hydrogens (tertiary/aromatic N) is 2. The van der Waals surface area contributed by atoms with E-state index in [0.717, 1.165) is 29.3 Å². The van der Waals surface area contributed by atoms with Crippen LogP contribution < -0.4 is 5.32 Å². The van der Waals surface area contributed by atoms with Crippen LogP contribution in [0.3, 0.4) is 0 Å². The number of nitrogens with one attached hydrogen (secondary N) is 1. The van der Waals surface area contributed by atoms with E-state index >= 15 is 0 Å². The van der Waals surface area contributed by atoms with Crippen LogP contribution in [-0.4, -0.2) is 36.1 Å². The van der Waals surface area contributed by atoms with E-state index in [0.29, 0.717) is 0 Å². The lowest BCUT2D eigenvalue weighted by Crippen LogP contribution is -2.36. The Bertz CT molecular complexity index is 387. The van der Waals surface area contributed by atoms with Crippen molar-refractivity contribution in [2.24, 2.45) is 5.92 Å². The molecule has 1 N–H and O–H groups in total. The number of aromatic nitrogens is 1. The first kappa shape index (κ1) is 13.8. The highest BCUT2D eigenvalue weighted by molar-refractivity contribution is 9.10. The van der Waals surface area contributed by atoms with Gasteiger partial charge < -0.3 is 10.2 Å². The van der Waals surface area contributed by atoms with Gasteiger partial charge in [-0.1, -0.05) is 6.92 Å². The zero-order chi connectivity index (χ0) is 13.0. The minimum atomic E-state index is 0.907. The molecule has 0 unspecified atom stereocenters. The van der Waals surface area contributed by atoms with E-state index in [4.69, 9.17) is 0 Å². The van der Waals surface area contributed by atoms with Crippen molar-refractivity contribution in [3.63, 3.8) is 0 Å². The van der Waals surface area contributed by atoms with E-state index in [1.807, 2.05) is 6.20 Å². The average molecular weight is 312 g/mol. The Hall–Kier alpha value is -0.610. The number of anilines is 1. The van der Waals surface area contributed by atoms with Crippen LogP contribution in [-0.2, 0) is 0 Å². The second kappa shape index (κ2) is 6.53. The van der Waals surface area contributed by atoms with Gasteiger partial charge in [0.1, 0.15) is 5.82 Å². The van der Waals surface area contributed by atoms with Gasteiger partial charge in [0.05, 0.1) is 0 Å². The number of pyridine rings is 1. The standard InChI is InChI=1S/C14H22BrN3/c1-11-3-6-18(7-4-11)8-5-16-14-12(2)9-13(15)10-17-14/h9-11H,3-8H2,1-2H3,(H,16,17). The highest BCUT2D eigenvalue weighted by Gasteiger charge is 2.14. The fraction of sp³-hybridized carbons (Fsp3) is 0.643. The predicted molar refractivity (Wildman–Crippen MR) is 80.0 cm³/mol. The van der Waals surface area contributed by atoms with Crippen LogP contribution in [0.2, 0.25) is 0 Å². The fourth-order valence-electron chi connectivity index (χ4n) is 2.34. The van der Waals surface area contributed by atoms with Crippen LogP contribution in [0.5, 0.6) is 0 Å². The van der Waals surface area contributed by atoms with Crippen LogP contribution in [0.4, 0.5) is 5.82 Å². The molecule has 1 fully saturated rings. The summed E-state index contributed by atoms with van der Waals surface area (Å²) in [6.07, 6.45) is 4.53. The maximum atomic E-state index is 4.40. The fourth-order valence-corrected chi connectivity index (χ4v) is 2.79. The summed E-state index contributed by atoms with van der Waals surface area (Å²) in [5, 5.41) is 3.43. The Labute approximate surface area is 118 Å². The van der Waals surface area contributed by atoms with Crippen LogP contribution >= 0.6 is 15.9 Å². The number of aryl methyl sites for hydroxylation is 1. The number of halogens is 1. The van der Waals surface area contributed by atoms with Gasteiger partial charge in [0.2, 0.25) is 0 Å². The topological polar surface area (TPSA) is 28.2 Å². The van der Waals surface area contributed by atoms with Gasteiger partial charge in [-0.05, 0) is 66.3 Å². The maximum absolute atomic E-state index is 4.40. The third kappa shape index (κ3) is 3.95. The Morgan fingerprint density at radius 2 is 2.17 bits per heavy atom. The molecular weight excluding hydrogens is 290 g/mol. The molecule has 0 spiro atoms.